The maximum atomic E-state index is 11.6. The third-order valence-electron chi connectivity index (χ3n) is 1.85. The van der Waals surface area contributed by atoms with Gasteiger partial charge in [-0.25, -0.2) is 4.68 Å². The van der Waals surface area contributed by atoms with Gasteiger partial charge in [0.2, 0.25) is 0 Å². The zero-order valence-electron chi connectivity index (χ0n) is 8.53. The van der Waals surface area contributed by atoms with Crippen LogP contribution in [0.5, 0.6) is 0 Å². The number of nitrogens with one attached hydrogen (secondary N) is 1. The normalized spacial score (nSPS) is 10.3. The molecule has 15 heavy (non-hydrogen) atoms. The molecule has 0 amide bonds. The molecule has 1 aromatic heterocycles. The number of aliphatic hydroxyl groups excluding tert-OH is 1. The van der Waals surface area contributed by atoms with Crippen LogP contribution in [0.4, 0.5) is 5.69 Å². The van der Waals surface area contributed by atoms with Gasteiger partial charge in [0.05, 0.1) is 18.5 Å². The summed E-state index contributed by atoms with van der Waals surface area (Å²) in [5.41, 5.74) is 0.157. The monoisotopic (exact) mass is 231 g/mol. The van der Waals surface area contributed by atoms with Crippen LogP contribution in [0.25, 0.3) is 0 Å². The maximum Gasteiger partial charge on any atom is 0.287 e. The number of aromatic nitrogens is 2. The molecule has 0 aliphatic rings. The van der Waals surface area contributed by atoms with Crippen molar-refractivity contribution >= 4 is 17.3 Å². The summed E-state index contributed by atoms with van der Waals surface area (Å²) < 4.78 is 1.33. The van der Waals surface area contributed by atoms with Crippen molar-refractivity contribution in [3.63, 3.8) is 0 Å². The molecule has 5 nitrogen and oxygen atoms in total. The van der Waals surface area contributed by atoms with Crippen LogP contribution in [0.1, 0.15) is 13.3 Å². The topological polar surface area (TPSA) is 67.2 Å². The van der Waals surface area contributed by atoms with E-state index in [-0.39, 0.29) is 17.2 Å². The van der Waals surface area contributed by atoms with Crippen LogP contribution in [0.15, 0.2) is 11.0 Å². The van der Waals surface area contributed by atoms with Crippen molar-refractivity contribution in [1.29, 1.82) is 0 Å². The summed E-state index contributed by atoms with van der Waals surface area (Å²) in [6.07, 6.45) is 2.32. The standard InChI is InChI=1S/C9H14ClN3O2/c1-2-4-13-9(15)8(10)7(6-12-13)11-3-5-14/h6,11,14H,2-5H2,1H3. The SMILES string of the molecule is CCCn1ncc(NCCO)c(Cl)c1=O. The average molecular weight is 232 g/mol. The van der Waals surface area contributed by atoms with Crippen LogP contribution in [-0.2, 0) is 6.54 Å². The Bertz CT molecular complexity index is 378. The molecule has 1 heterocycles. The molecule has 0 unspecified atom stereocenters. The maximum absolute atomic E-state index is 11.6. The van der Waals surface area contributed by atoms with Gasteiger partial charge >= 0.3 is 0 Å². The predicted octanol–water partition coefficient (Wildman–Crippen LogP) is 0.711. The van der Waals surface area contributed by atoms with Gasteiger partial charge in [0.1, 0.15) is 5.02 Å². The lowest BCUT2D eigenvalue weighted by Gasteiger charge is -2.08. The molecule has 0 bridgehead atoms. The third-order valence-corrected chi connectivity index (χ3v) is 2.21. The molecule has 6 heteroatoms. The highest BCUT2D eigenvalue weighted by atomic mass is 35.5. The lowest BCUT2D eigenvalue weighted by atomic mass is 10.4. The summed E-state index contributed by atoms with van der Waals surface area (Å²) >= 11 is 5.85. The number of nitrogens with zero attached hydrogens (tertiary/aromatic N) is 2. The van der Waals surface area contributed by atoms with E-state index in [1.54, 1.807) is 0 Å². The first kappa shape index (κ1) is 12.0. The quantitative estimate of drug-likeness (QED) is 0.783. The van der Waals surface area contributed by atoms with Crippen LogP contribution < -0.4 is 10.9 Å². The highest BCUT2D eigenvalue weighted by molar-refractivity contribution is 6.32. The van der Waals surface area contributed by atoms with Gasteiger partial charge in [-0.15, -0.1) is 0 Å². The molecule has 2 N–H and O–H groups in total. The van der Waals surface area contributed by atoms with E-state index in [0.29, 0.717) is 18.8 Å². The van der Waals surface area contributed by atoms with E-state index in [0.717, 1.165) is 6.42 Å². The second-order valence-electron chi connectivity index (χ2n) is 3.05. The molecule has 0 saturated carbocycles. The van der Waals surface area contributed by atoms with Crippen molar-refractivity contribution in [2.24, 2.45) is 0 Å². The van der Waals surface area contributed by atoms with Crippen molar-refractivity contribution in [2.75, 3.05) is 18.5 Å². The molecular formula is C9H14ClN3O2. The average Bonchev–Trinajstić information content (AvgIpc) is 2.24. The summed E-state index contributed by atoms with van der Waals surface area (Å²) in [4.78, 5) is 11.6. The van der Waals surface area contributed by atoms with Gasteiger partial charge < -0.3 is 10.4 Å². The fraction of sp³-hybridized carbons (Fsp3) is 0.556. The second-order valence-corrected chi connectivity index (χ2v) is 3.43. The molecule has 0 aliphatic carbocycles. The first-order valence-electron chi connectivity index (χ1n) is 4.81. The predicted molar refractivity (Wildman–Crippen MR) is 59.4 cm³/mol. The highest BCUT2D eigenvalue weighted by Gasteiger charge is 2.07. The molecule has 1 rings (SSSR count). The Hall–Kier alpha value is -1.07. The van der Waals surface area contributed by atoms with Crippen LogP contribution in [0.3, 0.4) is 0 Å². The molecule has 84 valence electrons. The number of aryl methyl sites for hydroxylation is 1. The molecule has 1 aromatic rings. The lowest BCUT2D eigenvalue weighted by Crippen LogP contribution is -2.24. The molecule has 0 aromatic carbocycles. The number of aliphatic hydroxyl groups is 1. The van der Waals surface area contributed by atoms with E-state index >= 15 is 0 Å². The molecule has 0 saturated heterocycles. The fourth-order valence-corrected chi connectivity index (χ4v) is 1.36. The van der Waals surface area contributed by atoms with E-state index in [1.807, 2.05) is 6.92 Å². The smallest absolute Gasteiger partial charge is 0.287 e. The number of halogens is 1. The van der Waals surface area contributed by atoms with Crippen molar-refractivity contribution in [3.8, 4) is 0 Å². The Labute approximate surface area is 92.7 Å². The minimum Gasteiger partial charge on any atom is -0.395 e. The zero-order chi connectivity index (χ0) is 11.3. The third kappa shape index (κ3) is 2.94. The summed E-state index contributed by atoms with van der Waals surface area (Å²) in [5.74, 6) is 0. The van der Waals surface area contributed by atoms with E-state index < -0.39 is 0 Å². The van der Waals surface area contributed by atoms with Gasteiger partial charge in [0, 0.05) is 13.1 Å². The Kier molecular flexibility index (Phi) is 4.58. The van der Waals surface area contributed by atoms with Crippen molar-refractivity contribution < 1.29 is 5.11 Å². The van der Waals surface area contributed by atoms with E-state index in [1.165, 1.54) is 10.9 Å². The van der Waals surface area contributed by atoms with Crippen molar-refractivity contribution in [3.05, 3.63) is 21.6 Å². The van der Waals surface area contributed by atoms with Gasteiger partial charge in [0.25, 0.3) is 5.56 Å². The minimum atomic E-state index is -0.304. The minimum absolute atomic E-state index is 0.0195. The Balaban J connectivity index is 2.94. The zero-order valence-corrected chi connectivity index (χ0v) is 9.29. The fourth-order valence-electron chi connectivity index (χ4n) is 1.15. The summed E-state index contributed by atoms with van der Waals surface area (Å²) in [6.45, 7) is 2.84. The van der Waals surface area contributed by atoms with Crippen LogP contribution in [-0.4, -0.2) is 28.0 Å². The van der Waals surface area contributed by atoms with Crippen molar-refractivity contribution in [2.45, 2.75) is 19.9 Å². The van der Waals surface area contributed by atoms with E-state index in [9.17, 15) is 4.79 Å². The van der Waals surface area contributed by atoms with Gasteiger partial charge in [-0.2, -0.15) is 5.10 Å². The Morgan fingerprint density at radius 3 is 3.00 bits per heavy atom. The molecule has 0 aliphatic heterocycles. The molecule has 0 fully saturated rings. The number of hydrogen-bond acceptors (Lipinski definition) is 4. The highest BCUT2D eigenvalue weighted by Crippen LogP contribution is 2.14. The lowest BCUT2D eigenvalue weighted by molar-refractivity contribution is 0.311. The molecular weight excluding hydrogens is 218 g/mol. The van der Waals surface area contributed by atoms with Gasteiger partial charge in [-0.05, 0) is 6.42 Å². The van der Waals surface area contributed by atoms with Gasteiger partial charge in [-0.3, -0.25) is 4.79 Å². The Morgan fingerprint density at radius 1 is 1.67 bits per heavy atom. The molecule has 0 atom stereocenters. The summed E-state index contributed by atoms with van der Waals surface area (Å²) in [7, 11) is 0. The summed E-state index contributed by atoms with van der Waals surface area (Å²) in [5, 5.41) is 15.5. The Morgan fingerprint density at radius 2 is 2.40 bits per heavy atom. The van der Waals surface area contributed by atoms with E-state index in [2.05, 4.69) is 10.4 Å². The van der Waals surface area contributed by atoms with Gasteiger partial charge in [0.15, 0.2) is 0 Å². The van der Waals surface area contributed by atoms with Gasteiger partial charge in [-0.1, -0.05) is 18.5 Å². The van der Waals surface area contributed by atoms with Crippen LogP contribution >= 0.6 is 11.6 Å². The number of anilines is 1. The van der Waals surface area contributed by atoms with E-state index in [4.69, 9.17) is 16.7 Å². The first-order chi connectivity index (χ1) is 7.20. The molecule has 0 radical (unpaired) electrons. The number of hydrogen-bond donors (Lipinski definition) is 2. The van der Waals surface area contributed by atoms with Crippen molar-refractivity contribution in [1.82, 2.24) is 9.78 Å². The first-order valence-corrected chi connectivity index (χ1v) is 5.18. The molecule has 0 spiro atoms. The summed E-state index contributed by atoms with van der Waals surface area (Å²) in [6, 6.07) is 0. The van der Waals surface area contributed by atoms with Crippen LogP contribution in [0, 0.1) is 0 Å². The second kappa shape index (κ2) is 5.72. The number of rotatable bonds is 5. The van der Waals surface area contributed by atoms with Crippen LogP contribution in [0.2, 0.25) is 5.02 Å². The largest absolute Gasteiger partial charge is 0.395 e.